The van der Waals surface area contributed by atoms with Gasteiger partial charge in [-0.3, -0.25) is 4.79 Å². The van der Waals surface area contributed by atoms with Gasteiger partial charge in [0.15, 0.2) is 0 Å². The highest BCUT2D eigenvalue weighted by atomic mass is 16.5. The van der Waals surface area contributed by atoms with Crippen molar-refractivity contribution in [1.29, 1.82) is 0 Å². The summed E-state index contributed by atoms with van der Waals surface area (Å²) in [5, 5.41) is 6.36. The molecule has 0 aliphatic carbocycles. The molecule has 2 heterocycles. The number of carbonyl (C=O) groups is 1. The van der Waals surface area contributed by atoms with Crippen molar-refractivity contribution in [3.05, 3.63) is 72.5 Å². The van der Waals surface area contributed by atoms with E-state index < -0.39 is 0 Å². The second kappa shape index (κ2) is 7.60. The quantitative estimate of drug-likeness (QED) is 0.557. The van der Waals surface area contributed by atoms with Crippen LogP contribution in [0.5, 0.6) is 0 Å². The first-order valence-corrected chi connectivity index (χ1v) is 9.89. The Hall–Kier alpha value is -3.31. The molecule has 0 radical (unpaired) electrons. The van der Waals surface area contributed by atoms with Crippen molar-refractivity contribution < 1.29 is 13.9 Å². The van der Waals surface area contributed by atoms with Crippen molar-refractivity contribution in [3.63, 3.8) is 0 Å². The Morgan fingerprint density at radius 3 is 2.66 bits per heavy atom. The van der Waals surface area contributed by atoms with Crippen molar-refractivity contribution in [3.8, 4) is 0 Å². The minimum absolute atomic E-state index is 0.0543. The summed E-state index contributed by atoms with van der Waals surface area (Å²) in [5.74, 6) is -0.0543. The number of amides is 1. The zero-order chi connectivity index (χ0) is 19.6. The van der Waals surface area contributed by atoms with Gasteiger partial charge in [-0.1, -0.05) is 42.5 Å². The first kappa shape index (κ1) is 17.8. The summed E-state index contributed by atoms with van der Waals surface area (Å²) in [6, 6.07) is 20.1. The molecule has 1 N–H and O–H groups in total. The van der Waals surface area contributed by atoms with Crippen LogP contribution in [-0.4, -0.2) is 32.2 Å². The van der Waals surface area contributed by atoms with Crippen LogP contribution in [0, 0.1) is 0 Å². The second-order valence-corrected chi connectivity index (χ2v) is 7.26. The Bertz CT molecular complexity index is 1180. The van der Waals surface area contributed by atoms with Crippen molar-refractivity contribution in [2.45, 2.75) is 6.42 Å². The lowest BCUT2D eigenvalue weighted by Gasteiger charge is -2.30. The Morgan fingerprint density at radius 1 is 0.966 bits per heavy atom. The first-order valence-electron chi connectivity index (χ1n) is 9.89. The van der Waals surface area contributed by atoms with Crippen LogP contribution in [0.4, 0.5) is 11.4 Å². The maximum atomic E-state index is 12.9. The van der Waals surface area contributed by atoms with Crippen LogP contribution in [0.1, 0.15) is 5.56 Å². The molecule has 1 fully saturated rings. The summed E-state index contributed by atoms with van der Waals surface area (Å²) in [4.78, 5) is 15.1. The molecule has 1 aliphatic rings. The number of nitrogens with one attached hydrogen (secondary N) is 1. The number of hydrogen-bond donors (Lipinski definition) is 1. The molecule has 1 aromatic heterocycles. The number of fused-ring (bicyclic) bond motifs is 3. The van der Waals surface area contributed by atoms with E-state index in [4.69, 9.17) is 9.15 Å². The number of ether oxygens (including phenoxy) is 1. The van der Waals surface area contributed by atoms with E-state index in [9.17, 15) is 4.79 Å². The molecule has 1 saturated heterocycles. The lowest BCUT2D eigenvalue weighted by molar-refractivity contribution is -0.115. The first-order chi connectivity index (χ1) is 14.3. The Labute approximate surface area is 168 Å². The van der Waals surface area contributed by atoms with Crippen LogP contribution in [-0.2, 0) is 16.0 Å². The van der Waals surface area contributed by atoms with Crippen molar-refractivity contribution in [2.24, 2.45) is 0 Å². The smallest absolute Gasteiger partial charge is 0.228 e. The number of rotatable bonds is 4. The van der Waals surface area contributed by atoms with E-state index in [2.05, 4.69) is 22.3 Å². The van der Waals surface area contributed by atoms with E-state index in [0.29, 0.717) is 13.2 Å². The van der Waals surface area contributed by atoms with Gasteiger partial charge >= 0.3 is 0 Å². The molecule has 3 aromatic carbocycles. The van der Waals surface area contributed by atoms with Crippen LogP contribution in [0.3, 0.4) is 0 Å². The molecule has 146 valence electrons. The Morgan fingerprint density at radius 2 is 1.76 bits per heavy atom. The summed E-state index contributed by atoms with van der Waals surface area (Å²) < 4.78 is 11.2. The fourth-order valence-electron chi connectivity index (χ4n) is 4.03. The number of benzene rings is 3. The maximum absolute atomic E-state index is 12.9. The van der Waals surface area contributed by atoms with Gasteiger partial charge in [-0.15, -0.1) is 0 Å². The van der Waals surface area contributed by atoms with Crippen LogP contribution >= 0.6 is 0 Å². The molecule has 5 nitrogen and oxygen atoms in total. The molecule has 0 spiro atoms. The number of para-hydroxylation sites is 2. The number of nitrogens with zero attached hydrogens (tertiary/aromatic N) is 1. The summed E-state index contributed by atoms with van der Waals surface area (Å²) >= 11 is 0. The number of anilines is 2. The summed E-state index contributed by atoms with van der Waals surface area (Å²) in [5.41, 5.74) is 3.57. The van der Waals surface area contributed by atoms with Gasteiger partial charge < -0.3 is 19.4 Å². The zero-order valence-corrected chi connectivity index (χ0v) is 16.1. The van der Waals surface area contributed by atoms with Crippen molar-refractivity contribution in [1.82, 2.24) is 0 Å². The number of furan rings is 1. The van der Waals surface area contributed by atoms with Crippen LogP contribution < -0.4 is 10.2 Å². The van der Waals surface area contributed by atoms with Crippen molar-refractivity contribution >= 4 is 39.0 Å². The molecule has 5 heteroatoms. The van der Waals surface area contributed by atoms with Gasteiger partial charge in [0.1, 0.15) is 5.58 Å². The van der Waals surface area contributed by atoms with E-state index >= 15 is 0 Å². The van der Waals surface area contributed by atoms with Crippen LogP contribution in [0.25, 0.3) is 21.7 Å². The zero-order valence-electron chi connectivity index (χ0n) is 16.1. The molecular weight excluding hydrogens is 364 g/mol. The van der Waals surface area contributed by atoms with E-state index in [-0.39, 0.29) is 12.3 Å². The fraction of sp³-hybridized carbons (Fsp3) is 0.208. The largest absolute Gasteiger partial charge is 0.464 e. The van der Waals surface area contributed by atoms with Crippen LogP contribution in [0.2, 0.25) is 0 Å². The molecule has 0 saturated carbocycles. The summed E-state index contributed by atoms with van der Waals surface area (Å²) in [6.45, 7) is 3.06. The second-order valence-electron chi connectivity index (χ2n) is 7.26. The minimum Gasteiger partial charge on any atom is -0.464 e. The minimum atomic E-state index is -0.0543. The standard InChI is InChI=1S/C24H22N2O3/c27-23(25-20-7-3-4-8-21(20)26-11-13-28-14-12-26)15-18-16-29-22-10-9-17-5-1-2-6-19(17)24(18)22/h1-10,16H,11-15H2,(H,25,27). The van der Waals surface area contributed by atoms with Gasteiger partial charge in [0.2, 0.25) is 5.91 Å². The molecule has 0 bridgehead atoms. The van der Waals surface area contributed by atoms with Gasteiger partial charge in [0.05, 0.1) is 37.3 Å². The van der Waals surface area contributed by atoms with Crippen molar-refractivity contribution in [2.75, 3.05) is 36.5 Å². The van der Waals surface area contributed by atoms with E-state index in [1.165, 1.54) is 0 Å². The number of hydrogen-bond acceptors (Lipinski definition) is 4. The summed E-state index contributed by atoms with van der Waals surface area (Å²) in [7, 11) is 0. The van der Waals surface area contributed by atoms with Crippen LogP contribution in [0.15, 0.2) is 71.3 Å². The van der Waals surface area contributed by atoms with Gasteiger partial charge in [0, 0.05) is 24.0 Å². The highest BCUT2D eigenvalue weighted by Gasteiger charge is 2.17. The van der Waals surface area contributed by atoms with E-state index in [1.807, 2.05) is 48.5 Å². The predicted molar refractivity (Wildman–Crippen MR) is 116 cm³/mol. The molecule has 5 rings (SSSR count). The third-order valence-corrected chi connectivity index (χ3v) is 5.42. The molecule has 0 unspecified atom stereocenters. The van der Waals surface area contributed by atoms with Gasteiger partial charge in [0.25, 0.3) is 0 Å². The summed E-state index contributed by atoms with van der Waals surface area (Å²) in [6.07, 6.45) is 1.96. The Kier molecular flexibility index (Phi) is 4.66. The molecule has 29 heavy (non-hydrogen) atoms. The van der Waals surface area contributed by atoms with E-state index in [0.717, 1.165) is 51.8 Å². The average Bonchev–Trinajstić information content (AvgIpc) is 3.18. The lowest BCUT2D eigenvalue weighted by Crippen LogP contribution is -2.36. The number of carbonyl (C=O) groups excluding carboxylic acids is 1. The van der Waals surface area contributed by atoms with Gasteiger partial charge in [-0.05, 0) is 29.0 Å². The molecular formula is C24H22N2O3. The van der Waals surface area contributed by atoms with Gasteiger partial charge in [-0.2, -0.15) is 0 Å². The predicted octanol–water partition coefficient (Wildman–Crippen LogP) is 4.60. The SMILES string of the molecule is O=C(Cc1coc2ccc3ccccc3c12)Nc1ccccc1N1CCOCC1. The highest BCUT2D eigenvalue weighted by Crippen LogP contribution is 2.31. The highest BCUT2D eigenvalue weighted by molar-refractivity contribution is 6.09. The molecule has 4 aromatic rings. The molecule has 0 atom stereocenters. The number of morpholine rings is 1. The van der Waals surface area contributed by atoms with Gasteiger partial charge in [-0.25, -0.2) is 0 Å². The fourth-order valence-corrected chi connectivity index (χ4v) is 4.03. The topological polar surface area (TPSA) is 54.7 Å². The third kappa shape index (κ3) is 3.45. The molecule has 1 aliphatic heterocycles. The van der Waals surface area contributed by atoms with E-state index in [1.54, 1.807) is 6.26 Å². The lowest BCUT2D eigenvalue weighted by atomic mass is 10.0. The average molecular weight is 386 g/mol. The monoisotopic (exact) mass is 386 g/mol. The Balaban J connectivity index is 1.42. The normalized spacial score (nSPS) is 14.4. The molecule has 1 amide bonds. The maximum Gasteiger partial charge on any atom is 0.228 e. The third-order valence-electron chi connectivity index (χ3n) is 5.42.